The van der Waals surface area contributed by atoms with Crippen molar-refractivity contribution in [1.29, 1.82) is 0 Å². The van der Waals surface area contributed by atoms with Gasteiger partial charge in [-0.05, 0) is 396 Å². The summed E-state index contributed by atoms with van der Waals surface area (Å²) < 4.78 is 73.5. The van der Waals surface area contributed by atoms with Gasteiger partial charge in [0.15, 0.2) is 0 Å². The highest BCUT2D eigenvalue weighted by Crippen LogP contribution is 2.29. The SMILES string of the molecule is CC(C)C.CC(C)OC(=O)CCCc1ccccc1.CC(C)OCCCN1CCCC(C)(C)C1.CC(C)OCCCN1CCCCC1C.CC(C)OCCCN1CCCC[C@@H]1C.CC(C)OCCCN1CCC[C@H](C)C1.CC(C)OCCN1CCCCC1.CC1CCCN(CCCOC(C)C)C1.CCCCOC(C)C.CCCOC(C)C.COC(C)C.COCCCOC(C)C.COCCOC(C)C. The van der Waals surface area contributed by atoms with Gasteiger partial charge in [0, 0.05) is 158 Å². The van der Waals surface area contributed by atoms with Gasteiger partial charge in [-0.3, -0.25) is 4.79 Å². The number of carbonyl (C=O) groups excluding carboxylic acids is 1. The number of likely N-dealkylation sites (tertiary alicyclic amines) is 6. The quantitative estimate of drug-likeness (QED) is 0.0446. The Balaban J connectivity index is -0.000000349. The van der Waals surface area contributed by atoms with Gasteiger partial charge in [0.05, 0.1) is 93.1 Å². The second kappa shape index (κ2) is 106. The summed E-state index contributed by atoms with van der Waals surface area (Å²) in [5, 5.41) is 0. The maximum atomic E-state index is 11.2. The molecule has 838 valence electrons. The highest BCUT2D eigenvalue weighted by atomic mass is 16.5. The number of hydrogen-bond acceptors (Lipinski definition) is 21. The van der Waals surface area contributed by atoms with Crippen molar-refractivity contribution in [2.45, 2.75) is 501 Å². The maximum Gasteiger partial charge on any atom is 0.306 e. The molecule has 6 heterocycles. The van der Waals surface area contributed by atoms with Gasteiger partial charge in [-0.1, -0.05) is 118 Å². The Hall–Kier alpha value is -2.07. The molecule has 139 heavy (non-hydrogen) atoms. The summed E-state index contributed by atoms with van der Waals surface area (Å²) in [6.45, 7) is 105. The molecule has 0 bridgehead atoms. The monoisotopic (exact) mass is 1990 g/mol. The molecular formula is C118H246N6O15. The Labute approximate surface area is 867 Å². The second-order valence-corrected chi connectivity index (χ2v) is 43.9. The van der Waals surface area contributed by atoms with Crippen LogP contribution >= 0.6 is 0 Å². The fraction of sp³-hybridized carbons (Fsp3) is 0.941. The summed E-state index contributed by atoms with van der Waals surface area (Å²) in [7, 11) is 5.07. The van der Waals surface area contributed by atoms with Crippen LogP contribution in [0, 0.1) is 23.2 Å². The molecule has 6 aliphatic heterocycles. The molecule has 1 aromatic carbocycles. The van der Waals surface area contributed by atoms with Crippen molar-refractivity contribution >= 4 is 5.97 Å². The Morgan fingerprint density at radius 1 is 0.324 bits per heavy atom. The van der Waals surface area contributed by atoms with Crippen LogP contribution in [0.15, 0.2) is 30.3 Å². The van der Waals surface area contributed by atoms with E-state index >= 15 is 0 Å². The number of esters is 1. The number of nitrogens with zero attached hydrogens (tertiary/aromatic N) is 6. The summed E-state index contributed by atoms with van der Waals surface area (Å²) >= 11 is 0. The Morgan fingerprint density at radius 2 is 0.662 bits per heavy atom. The first-order valence-electron chi connectivity index (χ1n) is 57.1. The van der Waals surface area contributed by atoms with E-state index in [1.54, 1.807) is 21.3 Å². The van der Waals surface area contributed by atoms with Gasteiger partial charge in [0.1, 0.15) is 0 Å². The number of benzene rings is 1. The van der Waals surface area contributed by atoms with Gasteiger partial charge >= 0.3 is 5.97 Å². The van der Waals surface area contributed by atoms with E-state index in [-0.39, 0.29) is 12.1 Å². The van der Waals surface area contributed by atoms with E-state index in [0.717, 1.165) is 128 Å². The standard InChI is InChI=1S/C13H27NO.C13H18O2.4C12H25NO.C10H21NO.C7H16O2.C7H16O.C6H14O2.C6H14O.C4H10O.C4H10/c1-12(2)15-10-6-9-14-8-5-7-13(3,4)11-14;1-11(2)15-13(14)10-6-9-12-7-4-3-5-8-12;2*1-11(2)14-9-5-8-13-7-4-6-12(3)10-13;2*1-11(2)14-10-6-9-13-8-5-4-7-12(13)3;1-10(2)12-9-8-11-6-4-3-5-7-11;1-7(2)9-6-4-5-8-3;1-4-5-6-8-7(2)3;1-6(2)8-5-4-7-3;1-4-5-7-6(2)3;1-4(2)5-3;1-4(2)3/h12H,5-11H2,1-4H3;3-5,7-8,11H,6,9-10H2,1-2H3;4*11-12H,4-10H2,1-3H3;10H,3-9H2,1-2H3;7H,4-6H2,1-3H3;7H,4-6H2,1-3H3;6H,4-5H2,1-3H3;6H,4-5H2,1-3H3;4H,1-3H3;4H,1-3H3/t;;12-;;12-;;;;;;;;/m..0.0......../s1. The van der Waals surface area contributed by atoms with Crippen LogP contribution in [0.4, 0.5) is 0 Å². The molecule has 0 saturated carbocycles. The molecule has 7 rings (SSSR count). The topological polar surface area (TPSA) is 166 Å². The van der Waals surface area contributed by atoms with Crippen LogP contribution in [-0.4, -0.2) is 326 Å². The fourth-order valence-corrected chi connectivity index (χ4v) is 15.4. The summed E-state index contributed by atoms with van der Waals surface area (Å²) in [6.07, 6.45) is 37.8. The lowest BCUT2D eigenvalue weighted by Crippen LogP contribution is -2.40. The minimum Gasteiger partial charge on any atom is -0.463 e. The zero-order valence-electron chi connectivity index (χ0n) is 99.9. The third-order valence-electron chi connectivity index (χ3n) is 22.8. The largest absolute Gasteiger partial charge is 0.463 e. The van der Waals surface area contributed by atoms with Gasteiger partial charge in [0.25, 0.3) is 0 Å². The molecule has 0 amide bonds. The van der Waals surface area contributed by atoms with E-state index in [9.17, 15) is 4.79 Å². The van der Waals surface area contributed by atoms with Crippen LogP contribution in [0.5, 0.6) is 0 Å². The lowest BCUT2D eigenvalue weighted by molar-refractivity contribution is -0.147. The van der Waals surface area contributed by atoms with Crippen LogP contribution in [0.1, 0.15) is 415 Å². The number of aryl methyl sites for hydroxylation is 1. The van der Waals surface area contributed by atoms with Gasteiger partial charge in [-0.15, -0.1) is 0 Å². The fourth-order valence-electron chi connectivity index (χ4n) is 15.4. The number of carbonyl (C=O) groups is 1. The molecule has 2 unspecified atom stereocenters. The van der Waals surface area contributed by atoms with Crippen molar-refractivity contribution in [2.75, 3.05) is 205 Å². The molecule has 4 atom stereocenters. The van der Waals surface area contributed by atoms with E-state index in [4.69, 9.17) is 66.3 Å². The first kappa shape index (κ1) is 148. The van der Waals surface area contributed by atoms with E-state index in [1.807, 2.05) is 73.6 Å². The number of ether oxygens (including phenoxy) is 14. The van der Waals surface area contributed by atoms with Gasteiger partial charge < -0.3 is 95.7 Å². The van der Waals surface area contributed by atoms with Crippen LogP contribution in [0.25, 0.3) is 0 Å². The zero-order chi connectivity index (χ0) is 106. The van der Waals surface area contributed by atoms with Crippen LogP contribution in [0.2, 0.25) is 0 Å². The Bertz CT molecular complexity index is 2450. The third kappa shape index (κ3) is 123. The lowest BCUT2D eigenvalue weighted by Gasteiger charge is -2.38. The first-order chi connectivity index (χ1) is 65.8. The molecule has 6 fully saturated rings. The van der Waals surface area contributed by atoms with E-state index in [1.165, 1.54) is 245 Å². The van der Waals surface area contributed by atoms with Crippen LogP contribution < -0.4 is 0 Å². The average molecular weight is 1990 g/mol. The predicted molar refractivity (Wildman–Crippen MR) is 600 cm³/mol. The molecule has 21 heteroatoms. The molecule has 6 aliphatic rings. The molecular weight excluding hydrogens is 1740 g/mol. The van der Waals surface area contributed by atoms with E-state index < -0.39 is 0 Å². The van der Waals surface area contributed by atoms with Crippen molar-refractivity contribution in [3.05, 3.63) is 35.9 Å². The summed E-state index contributed by atoms with van der Waals surface area (Å²) in [6, 6.07) is 11.8. The summed E-state index contributed by atoms with van der Waals surface area (Å²) in [4.78, 5) is 26.7. The number of methoxy groups -OCH3 is 3. The predicted octanol–water partition coefficient (Wildman–Crippen LogP) is 27.4. The molecule has 0 aliphatic carbocycles. The van der Waals surface area contributed by atoms with E-state index in [0.29, 0.717) is 92.2 Å². The van der Waals surface area contributed by atoms with Crippen molar-refractivity contribution in [3.8, 4) is 0 Å². The zero-order valence-corrected chi connectivity index (χ0v) is 99.9. The Kier molecular flexibility index (Phi) is 112. The number of rotatable bonds is 51. The maximum absolute atomic E-state index is 11.2. The highest BCUT2D eigenvalue weighted by Gasteiger charge is 2.26. The van der Waals surface area contributed by atoms with Crippen molar-refractivity contribution in [2.24, 2.45) is 23.2 Å². The summed E-state index contributed by atoms with van der Waals surface area (Å²) in [5.74, 6) is 2.53. The molecule has 0 radical (unpaired) electrons. The normalized spacial score (nSPS) is 18.1. The molecule has 21 nitrogen and oxygen atoms in total. The molecule has 1 aromatic rings. The molecule has 0 spiro atoms. The lowest BCUT2D eigenvalue weighted by atomic mass is 9.84. The van der Waals surface area contributed by atoms with Crippen molar-refractivity contribution in [3.63, 3.8) is 0 Å². The number of piperidine rings is 6. The molecule has 0 aromatic heterocycles. The van der Waals surface area contributed by atoms with Crippen molar-refractivity contribution in [1.82, 2.24) is 29.4 Å². The smallest absolute Gasteiger partial charge is 0.306 e. The van der Waals surface area contributed by atoms with E-state index in [2.05, 4.69) is 228 Å². The Morgan fingerprint density at radius 3 is 1.00 bits per heavy atom. The highest BCUT2D eigenvalue weighted by molar-refractivity contribution is 5.69. The second-order valence-electron chi connectivity index (χ2n) is 43.9. The third-order valence-corrected chi connectivity index (χ3v) is 22.8. The first-order valence-corrected chi connectivity index (χ1v) is 57.1. The minimum absolute atomic E-state index is 0.00535. The summed E-state index contributed by atoms with van der Waals surface area (Å²) in [5.41, 5.74) is 1.80. The van der Waals surface area contributed by atoms with Gasteiger partial charge in [-0.25, -0.2) is 0 Å². The number of unbranched alkanes of at least 4 members (excludes halogenated alkanes) is 1. The van der Waals surface area contributed by atoms with Gasteiger partial charge in [0.2, 0.25) is 0 Å². The molecule has 0 N–H and O–H groups in total. The number of hydrogen-bond donors (Lipinski definition) is 0. The van der Waals surface area contributed by atoms with Crippen LogP contribution in [0.3, 0.4) is 0 Å². The van der Waals surface area contributed by atoms with Gasteiger partial charge in [-0.2, -0.15) is 0 Å². The van der Waals surface area contributed by atoms with Crippen molar-refractivity contribution < 1.29 is 71.1 Å². The minimum atomic E-state index is -0.0964. The molecule has 6 saturated heterocycles. The van der Waals surface area contributed by atoms with Crippen LogP contribution in [-0.2, 0) is 77.5 Å². The average Bonchev–Trinajstić information content (AvgIpc) is 0.868.